The van der Waals surface area contributed by atoms with Crippen LogP contribution in [0.5, 0.6) is 0 Å². The first-order valence-electron chi connectivity index (χ1n) is 8.03. The van der Waals surface area contributed by atoms with Gasteiger partial charge in [-0.15, -0.1) is 0 Å². The van der Waals surface area contributed by atoms with Crippen molar-refractivity contribution in [1.29, 1.82) is 5.26 Å². The van der Waals surface area contributed by atoms with Crippen LogP contribution in [0.1, 0.15) is 23.7 Å². The summed E-state index contributed by atoms with van der Waals surface area (Å²) >= 11 is 0. The van der Waals surface area contributed by atoms with E-state index in [2.05, 4.69) is 9.97 Å². The Bertz CT molecular complexity index is 1030. The van der Waals surface area contributed by atoms with Crippen LogP contribution >= 0.6 is 0 Å². The van der Waals surface area contributed by atoms with Crippen LogP contribution in [-0.2, 0) is 10.0 Å². The number of rotatable bonds is 3. The standard InChI is InChI=1S/C18H16N4O2S/c19-11-13-5-7-15(8-6-13)25(23,24)22-10-9-14(12-22)18-20-16-3-1-2-4-17(16)21-18/h1-8,14H,9-10,12H2,(H,20,21)/t14-/m0/s1. The van der Waals surface area contributed by atoms with Crippen molar-refractivity contribution in [3.8, 4) is 6.07 Å². The maximum absolute atomic E-state index is 12.8. The third kappa shape index (κ3) is 2.80. The van der Waals surface area contributed by atoms with Crippen LogP contribution in [0.15, 0.2) is 53.4 Å². The number of nitrogens with one attached hydrogen (secondary N) is 1. The minimum absolute atomic E-state index is 0.0561. The molecule has 3 aromatic rings. The number of sulfonamides is 1. The maximum Gasteiger partial charge on any atom is 0.243 e. The van der Waals surface area contributed by atoms with Crippen molar-refractivity contribution in [2.24, 2.45) is 0 Å². The highest BCUT2D eigenvalue weighted by Crippen LogP contribution is 2.30. The molecule has 4 rings (SSSR count). The molecule has 0 spiro atoms. The molecule has 1 aromatic heterocycles. The molecule has 7 heteroatoms. The number of benzene rings is 2. The summed E-state index contributed by atoms with van der Waals surface area (Å²) < 4.78 is 27.1. The molecule has 0 bridgehead atoms. The van der Waals surface area contributed by atoms with Crippen molar-refractivity contribution < 1.29 is 8.42 Å². The Balaban J connectivity index is 1.57. The second kappa shape index (κ2) is 5.99. The second-order valence-electron chi connectivity index (χ2n) is 6.12. The first-order valence-corrected chi connectivity index (χ1v) is 9.47. The monoisotopic (exact) mass is 352 g/mol. The number of imidazole rings is 1. The van der Waals surface area contributed by atoms with Crippen molar-refractivity contribution in [2.75, 3.05) is 13.1 Å². The predicted octanol–water partition coefficient (Wildman–Crippen LogP) is 2.61. The van der Waals surface area contributed by atoms with Gasteiger partial charge in [0.15, 0.2) is 0 Å². The van der Waals surface area contributed by atoms with E-state index >= 15 is 0 Å². The molecular formula is C18H16N4O2S. The lowest BCUT2D eigenvalue weighted by Gasteiger charge is -2.16. The molecule has 126 valence electrons. The van der Waals surface area contributed by atoms with E-state index in [4.69, 9.17) is 5.26 Å². The lowest BCUT2D eigenvalue weighted by atomic mass is 10.1. The molecule has 6 nitrogen and oxygen atoms in total. The van der Waals surface area contributed by atoms with Crippen molar-refractivity contribution in [1.82, 2.24) is 14.3 Å². The summed E-state index contributed by atoms with van der Waals surface area (Å²) in [6.45, 7) is 0.867. The van der Waals surface area contributed by atoms with E-state index < -0.39 is 10.0 Å². The number of H-pyrrole nitrogens is 1. The van der Waals surface area contributed by atoms with Gasteiger partial charge < -0.3 is 4.98 Å². The van der Waals surface area contributed by atoms with Crippen LogP contribution in [0.4, 0.5) is 0 Å². The van der Waals surface area contributed by atoms with Crippen LogP contribution in [-0.4, -0.2) is 35.8 Å². The molecule has 1 saturated heterocycles. The van der Waals surface area contributed by atoms with Gasteiger partial charge in [0.1, 0.15) is 5.82 Å². The molecule has 2 heterocycles. The fourth-order valence-corrected chi connectivity index (χ4v) is 4.69. The van der Waals surface area contributed by atoms with E-state index in [9.17, 15) is 8.42 Å². The van der Waals surface area contributed by atoms with Gasteiger partial charge in [0.05, 0.1) is 27.6 Å². The van der Waals surface area contributed by atoms with E-state index in [0.717, 1.165) is 23.3 Å². The van der Waals surface area contributed by atoms with Gasteiger partial charge in [0.2, 0.25) is 10.0 Å². The Morgan fingerprint density at radius 2 is 1.92 bits per heavy atom. The van der Waals surface area contributed by atoms with Crippen LogP contribution in [0.2, 0.25) is 0 Å². The molecule has 2 aromatic carbocycles. The highest BCUT2D eigenvalue weighted by molar-refractivity contribution is 7.89. The number of para-hydroxylation sites is 2. The number of nitriles is 1. The zero-order valence-electron chi connectivity index (χ0n) is 13.4. The van der Waals surface area contributed by atoms with Gasteiger partial charge >= 0.3 is 0 Å². The van der Waals surface area contributed by atoms with E-state index in [1.165, 1.54) is 28.6 Å². The summed E-state index contributed by atoms with van der Waals surface area (Å²) in [7, 11) is -3.55. The van der Waals surface area contributed by atoms with Gasteiger partial charge in [-0.1, -0.05) is 12.1 Å². The van der Waals surface area contributed by atoms with E-state index in [0.29, 0.717) is 18.7 Å². The molecule has 25 heavy (non-hydrogen) atoms. The summed E-state index contributed by atoms with van der Waals surface area (Å²) in [6.07, 6.45) is 0.731. The lowest BCUT2D eigenvalue weighted by Crippen LogP contribution is -2.28. The Morgan fingerprint density at radius 1 is 1.16 bits per heavy atom. The first kappa shape index (κ1) is 15.8. The van der Waals surface area contributed by atoms with Crippen LogP contribution in [0.3, 0.4) is 0 Å². The molecule has 0 saturated carbocycles. The Hall–Kier alpha value is -2.69. The van der Waals surface area contributed by atoms with Crippen molar-refractivity contribution in [2.45, 2.75) is 17.2 Å². The zero-order chi connectivity index (χ0) is 17.4. The van der Waals surface area contributed by atoms with Gasteiger partial charge in [-0.05, 0) is 42.8 Å². The van der Waals surface area contributed by atoms with Crippen molar-refractivity contribution in [3.63, 3.8) is 0 Å². The minimum Gasteiger partial charge on any atom is -0.342 e. The van der Waals surface area contributed by atoms with Crippen LogP contribution in [0, 0.1) is 11.3 Å². The van der Waals surface area contributed by atoms with Gasteiger partial charge in [0, 0.05) is 19.0 Å². The molecule has 0 aliphatic carbocycles. The molecule has 0 amide bonds. The highest BCUT2D eigenvalue weighted by Gasteiger charge is 2.34. The minimum atomic E-state index is -3.55. The number of aromatic amines is 1. The summed E-state index contributed by atoms with van der Waals surface area (Å²) in [4.78, 5) is 8.11. The Morgan fingerprint density at radius 3 is 2.64 bits per heavy atom. The molecule has 1 atom stereocenters. The van der Waals surface area contributed by atoms with E-state index in [1.807, 2.05) is 30.3 Å². The fraction of sp³-hybridized carbons (Fsp3) is 0.222. The summed E-state index contributed by atoms with van der Waals surface area (Å²) in [6, 6.07) is 15.8. The summed E-state index contributed by atoms with van der Waals surface area (Å²) in [5, 5.41) is 8.84. The number of hydrogen-bond acceptors (Lipinski definition) is 4. The Labute approximate surface area is 145 Å². The van der Waals surface area contributed by atoms with Gasteiger partial charge in [-0.3, -0.25) is 0 Å². The van der Waals surface area contributed by atoms with Crippen molar-refractivity contribution >= 4 is 21.1 Å². The van der Waals surface area contributed by atoms with Gasteiger partial charge in [0.25, 0.3) is 0 Å². The third-order valence-corrected chi connectivity index (χ3v) is 6.45. The molecule has 0 radical (unpaired) electrons. The predicted molar refractivity (Wildman–Crippen MR) is 93.4 cm³/mol. The van der Waals surface area contributed by atoms with E-state index in [-0.39, 0.29) is 10.8 Å². The normalized spacial score (nSPS) is 18.4. The molecular weight excluding hydrogens is 336 g/mol. The number of fused-ring (bicyclic) bond motifs is 1. The SMILES string of the molecule is N#Cc1ccc(S(=O)(=O)N2CC[C@H](c3nc4ccccc4[nH]3)C2)cc1. The zero-order valence-corrected chi connectivity index (χ0v) is 14.2. The van der Waals surface area contributed by atoms with Gasteiger partial charge in [-0.2, -0.15) is 9.57 Å². The molecule has 1 aliphatic heterocycles. The van der Waals surface area contributed by atoms with E-state index in [1.54, 1.807) is 0 Å². The first-order chi connectivity index (χ1) is 12.1. The molecule has 1 fully saturated rings. The highest BCUT2D eigenvalue weighted by atomic mass is 32.2. The second-order valence-corrected chi connectivity index (χ2v) is 8.06. The number of hydrogen-bond donors (Lipinski definition) is 1. The Kier molecular flexibility index (Phi) is 3.79. The smallest absolute Gasteiger partial charge is 0.243 e. The third-order valence-electron chi connectivity index (χ3n) is 4.57. The maximum atomic E-state index is 12.8. The van der Waals surface area contributed by atoms with Crippen LogP contribution < -0.4 is 0 Å². The fourth-order valence-electron chi connectivity index (χ4n) is 3.19. The number of aromatic nitrogens is 2. The quantitative estimate of drug-likeness (QED) is 0.784. The largest absolute Gasteiger partial charge is 0.342 e. The van der Waals surface area contributed by atoms with Crippen molar-refractivity contribution in [3.05, 3.63) is 59.9 Å². The van der Waals surface area contributed by atoms with Gasteiger partial charge in [-0.25, -0.2) is 13.4 Å². The summed E-state index contributed by atoms with van der Waals surface area (Å²) in [5.74, 6) is 0.888. The molecule has 1 aliphatic rings. The average Bonchev–Trinajstić information content (AvgIpc) is 3.28. The van der Waals surface area contributed by atoms with Crippen LogP contribution in [0.25, 0.3) is 11.0 Å². The molecule has 0 unspecified atom stereocenters. The lowest BCUT2D eigenvalue weighted by molar-refractivity contribution is 0.471. The average molecular weight is 352 g/mol. The number of nitrogens with zero attached hydrogens (tertiary/aromatic N) is 3. The summed E-state index contributed by atoms with van der Waals surface area (Å²) in [5.41, 5.74) is 2.30. The topological polar surface area (TPSA) is 89.8 Å². The molecule has 1 N–H and O–H groups in total.